The molecule has 228 valence electrons. The highest BCUT2D eigenvalue weighted by Crippen LogP contribution is 2.45. The van der Waals surface area contributed by atoms with Gasteiger partial charge in [0.15, 0.2) is 6.29 Å². The van der Waals surface area contributed by atoms with Gasteiger partial charge < -0.3 is 29.0 Å². The molecule has 1 N–H and O–H groups in total. The van der Waals surface area contributed by atoms with Crippen LogP contribution in [0.25, 0.3) is 0 Å². The van der Waals surface area contributed by atoms with Crippen LogP contribution >= 0.6 is 0 Å². The van der Waals surface area contributed by atoms with Crippen molar-refractivity contribution in [3.05, 3.63) is 65.2 Å². The van der Waals surface area contributed by atoms with Gasteiger partial charge in [-0.3, -0.25) is 4.90 Å². The van der Waals surface area contributed by atoms with Crippen LogP contribution in [0.15, 0.2) is 48.5 Å². The van der Waals surface area contributed by atoms with E-state index in [2.05, 4.69) is 54.2 Å². The zero-order valence-corrected chi connectivity index (χ0v) is 25.7. The summed E-state index contributed by atoms with van der Waals surface area (Å²) in [6.45, 7) is 3.94. The molecule has 2 aromatic carbocycles. The fraction of sp³-hybridized carbons (Fsp3) is 0.618. The summed E-state index contributed by atoms with van der Waals surface area (Å²) in [5.74, 6) is 0.369. The molecule has 1 saturated carbocycles. The van der Waals surface area contributed by atoms with Gasteiger partial charge in [0.25, 0.3) is 0 Å². The molecule has 0 aromatic heterocycles. The maximum absolute atomic E-state index is 10.7. The van der Waals surface area contributed by atoms with Crippen LogP contribution in [0.5, 0.6) is 5.75 Å². The number of likely N-dealkylation sites (N-methyl/N-ethyl adjacent to an activating group) is 1. The van der Waals surface area contributed by atoms with E-state index >= 15 is 0 Å². The molecule has 4 rings (SSSR count). The molecule has 2 aromatic rings. The number of phenols is 1. The van der Waals surface area contributed by atoms with Crippen LogP contribution in [0.3, 0.4) is 0 Å². The SMILES string of the molecule is CN1CCC(c2ccccc2)(c2cc(CCOCCC=O)ccc2O)CC1.COC(CN(C)C1CCCCC1)OC. The van der Waals surface area contributed by atoms with Crippen molar-refractivity contribution >= 4 is 6.29 Å². The van der Waals surface area contributed by atoms with E-state index in [9.17, 15) is 9.90 Å². The standard InChI is InChI=1S/C23H29NO3.C11H23NO2/c1-24-13-11-23(12-14-24,20-6-3-2-4-7-20)21-18-19(8-9-22(21)26)10-17-27-16-5-15-25;1-12(9-11(13-2)14-3)10-7-5-4-6-8-10/h2-4,6-9,15,18,26H,5,10-14,16-17H2,1H3;10-11H,4-9H2,1-3H3. The van der Waals surface area contributed by atoms with E-state index in [4.69, 9.17) is 14.2 Å². The Kier molecular flexibility index (Phi) is 14.3. The first-order valence-corrected chi connectivity index (χ1v) is 15.3. The van der Waals surface area contributed by atoms with E-state index in [0.717, 1.165) is 62.4 Å². The average Bonchev–Trinajstić information content (AvgIpc) is 3.02. The van der Waals surface area contributed by atoms with Gasteiger partial charge in [0.2, 0.25) is 0 Å². The van der Waals surface area contributed by atoms with Crippen LogP contribution in [0.1, 0.15) is 68.1 Å². The first-order chi connectivity index (χ1) is 19.9. The lowest BCUT2D eigenvalue weighted by Crippen LogP contribution is -2.41. The highest BCUT2D eigenvalue weighted by atomic mass is 16.7. The number of piperidine rings is 1. The molecule has 1 heterocycles. The molecule has 2 aliphatic rings. The number of aldehydes is 1. The van der Waals surface area contributed by atoms with Crippen molar-refractivity contribution in [3.8, 4) is 5.75 Å². The van der Waals surface area contributed by atoms with Crippen LogP contribution in [-0.4, -0.2) is 94.7 Å². The van der Waals surface area contributed by atoms with Crippen LogP contribution in [0, 0.1) is 0 Å². The van der Waals surface area contributed by atoms with E-state index in [1.54, 1.807) is 14.2 Å². The van der Waals surface area contributed by atoms with Crippen molar-refractivity contribution in [1.82, 2.24) is 9.80 Å². The Hall–Kier alpha value is -2.29. The van der Waals surface area contributed by atoms with Crippen molar-refractivity contribution in [2.45, 2.75) is 75.5 Å². The lowest BCUT2D eigenvalue weighted by atomic mass is 9.67. The molecule has 7 nitrogen and oxygen atoms in total. The van der Waals surface area contributed by atoms with Gasteiger partial charge >= 0.3 is 0 Å². The van der Waals surface area contributed by atoms with Crippen molar-refractivity contribution in [2.24, 2.45) is 0 Å². The van der Waals surface area contributed by atoms with Gasteiger partial charge in [0.05, 0.1) is 13.2 Å². The zero-order valence-electron chi connectivity index (χ0n) is 25.7. The maximum atomic E-state index is 10.7. The summed E-state index contributed by atoms with van der Waals surface area (Å²) in [4.78, 5) is 15.1. The van der Waals surface area contributed by atoms with Crippen molar-refractivity contribution < 1.29 is 24.1 Å². The van der Waals surface area contributed by atoms with Gasteiger partial charge in [0.1, 0.15) is 12.0 Å². The van der Waals surface area contributed by atoms with Crippen molar-refractivity contribution in [2.75, 3.05) is 61.2 Å². The maximum Gasteiger partial charge on any atom is 0.169 e. The fourth-order valence-electron chi connectivity index (χ4n) is 6.17. The molecule has 41 heavy (non-hydrogen) atoms. The van der Waals surface area contributed by atoms with Gasteiger partial charge in [-0.15, -0.1) is 0 Å². The molecule has 1 aliphatic carbocycles. The molecule has 7 heteroatoms. The molecule has 0 atom stereocenters. The normalized spacial score (nSPS) is 17.8. The zero-order chi connectivity index (χ0) is 29.5. The number of aromatic hydroxyl groups is 1. The van der Waals surface area contributed by atoms with E-state index < -0.39 is 0 Å². The number of likely N-dealkylation sites (tertiary alicyclic amines) is 1. The number of hydrogen-bond donors (Lipinski definition) is 1. The number of methoxy groups -OCH3 is 2. The molecule has 1 aliphatic heterocycles. The Morgan fingerprint density at radius 1 is 1.02 bits per heavy atom. The number of hydrogen-bond acceptors (Lipinski definition) is 7. The summed E-state index contributed by atoms with van der Waals surface area (Å²) >= 11 is 0. The summed E-state index contributed by atoms with van der Waals surface area (Å²) in [5.41, 5.74) is 3.29. The molecular weight excluding hydrogens is 516 g/mol. The predicted molar refractivity (Wildman–Crippen MR) is 165 cm³/mol. The first kappa shape index (κ1) is 33.2. The fourth-order valence-corrected chi connectivity index (χ4v) is 6.17. The third-order valence-corrected chi connectivity index (χ3v) is 8.82. The Labute approximate surface area is 247 Å². The Bertz CT molecular complexity index is 999. The van der Waals surface area contributed by atoms with Crippen LogP contribution in [0.4, 0.5) is 0 Å². The lowest BCUT2D eigenvalue weighted by molar-refractivity contribution is -0.118. The number of carbonyl (C=O) groups excluding carboxylic acids is 1. The van der Waals surface area contributed by atoms with E-state index in [-0.39, 0.29) is 11.7 Å². The summed E-state index contributed by atoms with van der Waals surface area (Å²) < 4.78 is 15.9. The average molecular weight is 569 g/mol. The highest BCUT2D eigenvalue weighted by Gasteiger charge is 2.39. The minimum absolute atomic E-state index is 0.0815. The number of ether oxygens (including phenoxy) is 3. The second kappa shape index (κ2) is 17.6. The molecule has 0 unspecified atom stereocenters. The first-order valence-electron chi connectivity index (χ1n) is 15.3. The molecule has 2 fully saturated rings. The highest BCUT2D eigenvalue weighted by molar-refractivity contribution is 5.49. The van der Waals surface area contributed by atoms with Crippen molar-refractivity contribution in [3.63, 3.8) is 0 Å². The molecular formula is C34H52N2O5. The second-order valence-corrected chi connectivity index (χ2v) is 11.6. The number of rotatable bonds is 13. The monoisotopic (exact) mass is 568 g/mol. The Morgan fingerprint density at radius 3 is 2.34 bits per heavy atom. The minimum Gasteiger partial charge on any atom is -0.508 e. The third-order valence-electron chi connectivity index (χ3n) is 8.82. The van der Waals surface area contributed by atoms with E-state index in [1.165, 1.54) is 37.7 Å². The quantitative estimate of drug-likeness (QED) is 0.197. The topological polar surface area (TPSA) is 71.5 Å². The summed E-state index contributed by atoms with van der Waals surface area (Å²) in [6, 6.07) is 17.2. The summed E-state index contributed by atoms with van der Waals surface area (Å²) in [6.07, 6.45) is 10.8. The van der Waals surface area contributed by atoms with Gasteiger partial charge in [-0.2, -0.15) is 0 Å². The largest absolute Gasteiger partial charge is 0.508 e. The summed E-state index contributed by atoms with van der Waals surface area (Å²) in [7, 11) is 7.72. The smallest absolute Gasteiger partial charge is 0.169 e. The Morgan fingerprint density at radius 2 is 1.71 bits per heavy atom. The number of nitrogens with zero attached hydrogens (tertiary/aromatic N) is 2. The van der Waals surface area contributed by atoms with Gasteiger partial charge in [0, 0.05) is 44.2 Å². The predicted octanol–water partition coefficient (Wildman–Crippen LogP) is 5.42. The Balaban J connectivity index is 0.000000278. The second-order valence-electron chi connectivity index (χ2n) is 11.6. The minimum atomic E-state index is -0.160. The molecule has 1 saturated heterocycles. The van der Waals surface area contributed by atoms with Crippen LogP contribution < -0.4 is 0 Å². The third kappa shape index (κ3) is 9.90. The lowest BCUT2D eigenvalue weighted by Gasteiger charge is -2.42. The van der Waals surface area contributed by atoms with Gasteiger partial charge in [-0.05, 0) is 76.5 Å². The van der Waals surface area contributed by atoms with E-state index in [0.29, 0.717) is 25.4 Å². The van der Waals surface area contributed by atoms with E-state index in [1.807, 2.05) is 18.2 Å². The van der Waals surface area contributed by atoms with Gasteiger partial charge in [-0.1, -0.05) is 61.7 Å². The number of phenolic OH excluding ortho intramolecular Hbond substituents is 1. The molecule has 0 radical (unpaired) electrons. The summed E-state index contributed by atoms with van der Waals surface area (Å²) in [5, 5.41) is 10.7. The molecule has 0 bridgehead atoms. The number of carbonyl (C=O) groups is 1. The van der Waals surface area contributed by atoms with Crippen molar-refractivity contribution in [1.29, 1.82) is 0 Å². The van der Waals surface area contributed by atoms with Crippen LogP contribution in [-0.2, 0) is 30.8 Å². The van der Waals surface area contributed by atoms with Gasteiger partial charge in [-0.25, -0.2) is 0 Å². The van der Waals surface area contributed by atoms with Crippen LogP contribution in [0.2, 0.25) is 0 Å². The molecule has 0 amide bonds. The number of benzene rings is 2. The molecule has 0 spiro atoms.